The number of carboxylic acid groups (broad SMARTS) is 1. The van der Waals surface area contributed by atoms with E-state index in [2.05, 4.69) is 5.32 Å². The van der Waals surface area contributed by atoms with E-state index in [1.54, 1.807) is 0 Å². The minimum absolute atomic E-state index is 0.173. The summed E-state index contributed by atoms with van der Waals surface area (Å²) in [5.41, 5.74) is 0. The lowest BCUT2D eigenvalue weighted by molar-refractivity contribution is -0.137. The zero-order valence-electron chi connectivity index (χ0n) is 12.9. The summed E-state index contributed by atoms with van der Waals surface area (Å²) in [5.74, 6) is -1.18. The maximum atomic E-state index is 11.2. The van der Waals surface area contributed by atoms with Gasteiger partial charge in [0, 0.05) is 12.8 Å². The van der Waals surface area contributed by atoms with Crippen molar-refractivity contribution in [1.82, 2.24) is 5.32 Å². The lowest BCUT2D eigenvalue weighted by Crippen LogP contribution is -2.28. The van der Waals surface area contributed by atoms with Gasteiger partial charge in [-0.3, -0.25) is 9.59 Å². The topological polar surface area (TPSA) is 83.5 Å². The SMILES string of the molecule is O=CCCCCCCCCCCCCC(=O)NCC(=O)O. The number of unbranched alkanes of at least 4 members (excludes halogenated alkanes) is 10. The number of aliphatic carboxylic acids is 1. The molecule has 0 fully saturated rings. The van der Waals surface area contributed by atoms with Crippen LogP contribution in [0.25, 0.3) is 0 Å². The summed E-state index contributed by atoms with van der Waals surface area (Å²) >= 11 is 0. The van der Waals surface area contributed by atoms with E-state index in [0.29, 0.717) is 12.8 Å². The first-order chi connectivity index (χ1) is 10.2. The van der Waals surface area contributed by atoms with Crippen molar-refractivity contribution in [1.29, 1.82) is 0 Å². The maximum absolute atomic E-state index is 11.2. The van der Waals surface area contributed by atoms with Gasteiger partial charge in [-0.15, -0.1) is 0 Å². The van der Waals surface area contributed by atoms with Crippen molar-refractivity contribution in [3.63, 3.8) is 0 Å². The molecule has 0 aromatic heterocycles. The Labute approximate surface area is 127 Å². The summed E-state index contributed by atoms with van der Waals surface area (Å²) in [6.45, 7) is -0.286. The highest BCUT2D eigenvalue weighted by molar-refractivity contribution is 5.80. The molecule has 21 heavy (non-hydrogen) atoms. The van der Waals surface area contributed by atoms with E-state index in [9.17, 15) is 14.4 Å². The molecule has 0 bridgehead atoms. The van der Waals surface area contributed by atoms with Gasteiger partial charge < -0.3 is 15.2 Å². The molecule has 0 aliphatic rings. The van der Waals surface area contributed by atoms with Crippen LogP contribution < -0.4 is 5.32 Å². The third-order valence-corrected chi connectivity index (χ3v) is 3.41. The van der Waals surface area contributed by atoms with Crippen LogP contribution in [0.15, 0.2) is 0 Å². The fourth-order valence-electron chi connectivity index (χ4n) is 2.19. The fourth-order valence-corrected chi connectivity index (χ4v) is 2.19. The Morgan fingerprint density at radius 1 is 0.810 bits per heavy atom. The summed E-state index contributed by atoms with van der Waals surface area (Å²) in [4.78, 5) is 31.6. The second kappa shape index (κ2) is 15.0. The Morgan fingerprint density at radius 2 is 1.29 bits per heavy atom. The summed E-state index contributed by atoms with van der Waals surface area (Å²) in [5, 5.41) is 10.8. The molecule has 0 rings (SSSR count). The van der Waals surface area contributed by atoms with Crippen molar-refractivity contribution in [2.24, 2.45) is 0 Å². The van der Waals surface area contributed by atoms with E-state index in [1.165, 1.54) is 32.1 Å². The van der Waals surface area contributed by atoms with Crippen LogP contribution in [0.5, 0.6) is 0 Å². The first kappa shape index (κ1) is 19.6. The Balaban J connectivity index is 3.13. The highest BCUT2D eigenvalue weighted by Gasteiger charge is 2.03. The number of rotatable bonds is 15. The summed E-state index contributed by atoms with van der Waals surface area (Å²) in [7, 11) is 0. The van der Waals surface area contributed by atoms with E-state index in [-0.39, 0.29) is 12.5 Å². The standard InChI is InChI=1S/C16H29NO4/c18-13-11-9-7-5-3-1-2-4-6-8-10-12-15(19)17-14-16(20)21/h13H,1-12,14H2,(H,17,19)(H,20,21). The number of nitrogens with one attached hydrogen (secondary N) is 1. The monoisotopic (exact) mass is 299 g/mol. The lowest BCUT2D eigenvalue weighted by Gasteiger charge is -2.03. The van der Waals surface area contributed by atoms with E-state index in [0.717, 1.165) is 38.4 Å². The van der Waals surface area contributed by atoms with Gasteiger partial charge in [-0.1, -0.05) is 51.4 Å². The second-order valence-corrected chi connectivity index (χ2v) is 5.41. The third-order valence-electron chi connectivity index (χ3n) is 3.41. The molecule has 0 radical (unpaired) electrons. The minimum Gasteiger partial charge on any atom is -0.480 e. The number of hydrogen-bond acceptors (Lipinski definition) is 3. The lowest BCUT2D eigenvalue weighted by atomic mass is 10.1. The predicted octanol–water partition coefficient (Wildman–Crippen LogP) is 3.07. The molecule has 0 heterocycles. The fraction of sp³-hybridized carbons (Fsp3) is 0.812. The molecule has 122 valence electrons. The average Bonchev–Trinajstić information content (AvgIpc) is 2.46. The maximum Gasteiger partial charge on any atom is 0.322 e. The molecule has 2 N–H and O–H groups in total. The molecular weight excluding hydrogens is 270 g/mol. The Hall–Kier alpha value is -1.39. The zero-order chi connectivity index (χ0) is 15.8. The highest BCUT2D eigenvalue weighted by Crippen LogP contribution is 2.11. The van der Waals surface area contributed by atoms with Crippen molar-refractivity contribution in [3.05, 3.63) is 0 Å². The minimum atomic E-state index is -1.01. The summed E-state index contributed by atoms with van der Waals surface area (Å²) in [6, 6.07) is 0. The molecule has 1 amide bonds. The van der Waals surface area contributed by atoms with Crippen molar-refractivity contribution in [3.8, 4) is 0 Å². The Kier molecular flexibility index (Phi) is 14.0. The molecule has 5 heteroatoms. The van der Waals surface area contributed by atoms with Crippen LogP contribution in [0, 0.1) is 0 Å². The third kappa shape index (κ3) is 16.6. The number of hydrogen-bond donors (Lipinski definition) is 2. The quantitative estimate of drug-likeness (QED) is 0.359. The molecule has 0 unspecified atom stereocenters. The molecular formula is C16H29NO4. The highest BCUT2D eigenvalue weighted by atomic mass is 16.4. The zero-order valence-corrected chi connectivity index (χ0v) is 12.9. The number of carboxylic acids is 1. The van der Waals surface area contributed by atoms with Gasteiger partial charge in [-0.25, -0.2) is 0 Å². The van der Waals surface area contributed by atoms with Crippen LogP contribution in [0.4, 0.5) is 0 Å². The van der Waals surface area contributed by atoms with E-state index >= 15 is 0 Å². The van der Waals surface area contributed by atoms with E-state index < -0.39 is 5.97 Å². The van der Waals surface area contributed by atoms with Gasteiger partial charge in [-0.2, -0.15) is 0 Å². The van der Waals surface area contributed by atoms with Crippen molar-refractivity contribution < 1.29 is 19.5 Å². The molecule has 0 aromatic rings. The second-order valence-electron chi connectivity index (χ2n) is 5.41. The predicted molar refractivity (Wildman–Crippen MR) is 82.1 cm³/mol. The number of carbonyl (C=O) groups excluding carboxylic acids is 2. The molecule has 0 spiro atoms. The van der Waals surface area contributed by atoms with Crippen LogP contribution in [0.1, 0.15) is 77.0 Å². The van der Waals surface area contributed by atoms with E-state index in [4.69, 9.17) is 5.11 Å². The molecule has 5 nitrogen and oxygen atoms in total. The van der Waals surface area contributed by atoms with Crippen LogP contribution in [-0.4, -0.2) is 29.8 Å². The van der Waals surface area contributed by atoms with Gasteiger partial charge >= 0.3 is 5.97 Å². The van der Waals surface area contributed by atoms with E-state index in [1.807, 2.05) is 0 Å². The molecule has 0 saturated heterocycles. The number of carbonyl (C=O) groups is 3. The first-order valence-electron chi connectivity index (χ1n) is 8.09. The van der Waals surface area contributed by atoms with Crippen LogP contribution in [-0.2, 0) is 14.4 Å². The van der Waals surface area contributed by atoms with Crippen molar-refractivity contribution in [2.45, 2.75) is 77.0 Å². The molecule has 0 saturated carbocycles. The first-order valence-corrected chi connectivity index (χ1v) is 8.09. The van der Waals surface area contributed by atoms with Crippen LogP contribution in [0.2, 0.25) is 0 Å². The van der Waals surface area contributed by atoms with Gasteiger partial charge in [0.05, 0.1) is 0 Å². The summed E-state index contributed by atoms with van der Waals surface area (Å²) < 4.78 is 0. The Bertz CT molecular complexity index is 292. The average molecular weight is 299 g/mol. The van der Waals surface area contributed by atoms with Gasteiger partial charge in [-0.05, 0) is 12.8 Å². The molecule has 0 atom stereocenters. The normalized spacial score (nSPS) is 10.3. The smallest absolute Gasteiger partial charge is 0.322 e. The van der Waals surface area contributed by atoms with Crippen molar-refractivity contribution >= 4 is 18.2 Å². The number of amides is 1. The van der Waals surface area contributed by atoms with Crippen molar-refractivity contribution in [2.75, 3.05) is 6.54 Å². The number of aldehydes is 1. The van der Waals surface area contributed by atoms with Gasteiger partial charge in [0.15, 0.2) is 0 Å². The molecule has 0 aliphatic heterocycles. The van der Waals surface area contributed by atoms with Crippen LogP contribution >= 0.6 is 0 Å². The summed E-state index contributed by atoms with van der Waals surface area (Å²) in [6.07, 6.45) is 13.4. The van der Waals surface area contributed by atoms with Gasteiger partial charge in [0.2, 0.25) is 5.91 Å². The molecule has 0 aromatic carbocycles. The van der Waals surface area contributed by atoms with Gasteiger partial charge in [0.25, 0.3) is 0 Å². The Morgan fingerprint density at radius 3 is 1.76 bits per heavy atom. The molecule has 0 aliphatic carbocycles. The largest absolute Gasteiger partial charge is 0.480 e. The van der Waals surface area contributed by atoms with Gasteiger partial charge in [0.1, 0.15) is 12.8 Å². The van der Waals surface area contributed by atoms with Crippen LogP contribution in [0.3, 0.4) is 0 Å².